The van der Waals surface area contributed by atoms with Crippen LogP contribution in [0.1, 0.15) is 47.9 Å². The van der Waals surface area contributed by atoms with E-state index in [1.807, 2.05) is 13.0 Å². The molecule has 0 aliphatic heterocycles. The van der Waals surface area contributed by atoms with Gasteiger partial charge < -0.3 is 15.3 Å². The molecule has 0 saturated heterocycles. The number of aliphatic hydroxyl groups is 1. The Labute approximate surface area is 240 Å². The monoisotopic (exact) mass is 594 g/mol. The van der Waals surface area contributed by atoms with Crippen LogP contribution in [-0.4, -0.2) is 50.1 Å². The summed E-state index contributed by atoms with van der Waals surface area (Å²) in [4.78, 5) is 29.2. The fourth-order valence-electron chi connectivity index (χ4n) is 3.76. The van der Waals surface area contributed by atoms with Gasteiger partial charge in [-0.2, -0.15) is 5.06 Å². The van der Waals surface area contributed by atoms with Gasteiger partial charge >= 0.3 is 5.97 Å². The predicted molar refractivity (Wildman–Crippen MR) is 152 cm³/mol. The van der Waals surface area contributed by atoms with Crippen molar-refractivity contribution in [1.82, 2.24) is 10.4 Å². The molecule has 11 heteroatoms. The molecule has 0 unspecified atom stereocenters. The summed E-state index contributed by atoms with van der Waals surface area (Å²) in [6, 6.07) is 19.3. The van der Waals surface area contributed by atoms with Crippen molar-refractivity contribution in [1.29, 1.82) is 0 Å². The van der Waals surface area contributed by atoms with Crippen LogP contribution in [0.2, 0.25) is 5.02 Å². The predicted octanol–water partition coefficient (Wildman–Crippen LogP) is 4.79. The van der Waals surface area contributed by atoms with Crippen molar-refractivity contribution in [2.24, 2.45) is 0 Å². The summed E-state index contributed by atoms with van der Waals surface area (Å²) in [7, 11) is -3.88. The molecule has 1 atom stereocenters. The molecular weight excluding hydrogens is 563 g/mol. The van der Waals surface area contributed by atoms with Gasteiger partial charge in [0.15, 0.2) is 0 Å². The topological polar surface area (TPSA) is 113 Å². The fraction of sp³-hybridized carbons (Fsp3) is 0.286. The first-order chi connectivity index (χ1) is 18.1. The lowest BCUT2D eigenvalue weighted by Crippen LogP contribution is -2.33. The van der Waals surface area contributed by atoms with E-state index in [0.717, 1.165) is 16.2 Å². The number of nitrogens with one attached hydrogen (secondary N) is 1. The first-order valence-corrected chi connectivity index (χ1v) is 14.1. The zero-order valence-corrected chi connectivity index (χ0v) is 24.1. The van der Waals surface area contributed by atoms with Crippen LogP contribution in [0.25, 0.3) is 0 Å². The van der Waals surface area contributed by atoms with E-state index in [2.05, 4.69) is 5.32 Å². The second-order valence-corrected chi connectivity index (χ2v) is 11.1. The van der Waals surface area contributed by atoms with Crippen molar-refractivity contribution >= 4 is 45.7 Å². The van der Waals surface area contributed by atoms with Crippen LogP contribution in [0.5, 0.6) is 0 Å². The van der Waals surface area contributed by atoms with E-state index < -0.39 is 27.8 Å². The number of hydroxylamine groups is 2. The number of hydrogen-bond acceptors (Lipinski definition) is 7. The third-order valence-corrected chi connectivity index (χ3v) is 7.68. The Morgan fingerprint density at radius 1 is 1.03 bits per heavy atom. The van der Waals surface area contributed by atoms with Crippen LogP contribution in [0, 0.1) is 0 Å². The van der Waals surface area contributed by atoms with E-state index in [4.69, 9.17) is 16.4 Å². The van der Waals surface area contributed by atoms with E-state index in [-0.39, 0.29) is 34.3 Å². The first-order valence-electron chi connectivity index (χ1n) is 12.2. The smallest absolute Gasteiger partial charge is 0.329 e. The second-order valence-electron chi connectivity index (χ2n) is 8.69. The van der Waals surface area contributed by atoms with Gasteiger partial charge in [0.25, 0.3) is 5.91 Å². The molecule has 0 aliphatic carbocycles. The van der Waals surface area contributed by atoms with Crippen molar-refractivity contribution in [2.75, 3.05) is 19.6 Å². The number of benzene rings is 3. The van der Waals surface area contributed by atoms with Gasteiger partial charge in [-0.3, -0.25) is 9.59 Å². The Bertz CT molecular complexity index is 1370. The molecule has 0 aliphatic rings. The van der Waals surface area contributed by atoms with Gasteiger partial charge in [0, 0.05) is 24.1 Å². The molecule has 3 aromatic carbocycles. The molecule has 0 heterocycles. The number of rotatable bonds is 11. The van der Waals surface area contributed by atoms with Gasteiger partial charge in [0.2, 0.25) is 9.84 Å². The maximum Gasteiger partial charge on any atom is 0.329 e. The lowest BCUT2D eigenvalue weighted by molar-refractivity contribution is -0.175. The molecule has 0 fully saturated rings. The van der Waals surface area contributed by atoms with Crippen LogP contribution in [0.4, 0.5) is 0 Å². The summed E-state index contributed by atoms with van der Waals surface area (Å²) in [5.74, 6) is -1.23. The lowest BCUT2D eigenvalue weighted by atomic mass is 10.1. The van der Waals surface area contributed by atoms with Crippen LogP contribution in [0.3, 0.4) is 0 Å². The van der Waals surface area contributed by atoms with Gasteiger partial charge in [-0.1, -0.05) is 48.9 Å². The van der Waals surface area contributed by atoms with Crippen molar-refractivity contribution in [3.8, 4) is 0 Å². The Balaban J connectivity index is 0.00000533. The van der Waals surface area contributed by atoms with Crippen LogP contribution < -0.4 is 5.32 Å². The van der Waals surface area contributed by atoms with Crippen LogP contribution in [0.15, 0.2) is 82.6 Å². The Hall–Kier alpha value is -2.95. The molecule has 8 nitrogen and oxygen atoms in total. The van der Waals surface area contributed by atoms with Gasteiger partial charge in [-0.15, -0.1) is 12.4 Å². The summed E-state index contributed by atoms with van der Waals surface area (Å²) in [5.41, 5.74) is 1.76. The average Bonchev–Trinajstić information content (AvgIpc) is 2.90. The van der Waals surface area contributed by atoms with Gasteiger partial charge in [0.1, 0.15) is 0 Å². The zero-order chi connectivity index (χ0) is 27.7. The maximum atomic E-state index is 13.2. The third-order valence-electron chi connectivity index (χ3n) is 5.68. The summed E-state index contributed by atoms with van der Waals surface area (Å²) >= 11 is 5.97. The minimum Gasteiger partial charge on any atom is -0.387 e. The van der Waals surface area contributed by atoms with E-state index in [0.29, 0.717) is 31.0 Å². The molecule has 0 saturated carbocycles. The molecule has 0 radical (unpaired) electrons. The minimum absolute atomic E-state index is 0. The molecule has 0 spiro atoms. The van der Waals surface area contributed by atoms with Crippen molar-refractivity contribution in [2.45, 2.75) is 42.6 Å². The van der Waals surface area contributed by atoms with Crippen LogP contribution >= 0.6 is 24.0 Å². The number of carbonyl (C=O) groups is 2. The standard InChI is InChI=1S/C28H31ClN2O6S.ClH/c1-3-16-31(37-20(2)32)28(34)23-7-5-9-26(18-23)38(35,36)25-12-10-21(11-13-25)14-15-30-19-27(33)22-6-4-8-24(29)17-22;/h4-13,17-18,27,30,33H,3,14-16,19H2,1-2H3;1H/t27-;/m0./s1. The fourth-order valence-corrected chi connectivity index (χ4v) is 5.27. The Morgan fingerprint density at radius 3 is 2.36 bits per heavy atom. The molecule has 3 aromatic rings. The molecule has 0 bridgehead atoms. The van der Waals surface area contributed by atoms with Crippen molar-refractivity contribution in [3.05, 3.63) is 94.5 Å². The summed E-state index contributed by atoms with van der Waals surface area (Å²) in [5, 5.41) is 15.0. The van der Waals surface area contributed by atoms with E-state index >= 15 is 0 Å². The third kappa shape index (κ3) is 9.05. The largest absolute Gasteiger partial charge is 0.387 e. The quantitative estimate of drug-likeness (QED) is 0.242. The van der Waals surface area contributed by atoms with Gasteiger partial charge in [-0.25, -0.2) is 8.42 Å². The summed E-state index contributed by atoms with van der Waals surface area (Å²) in [6.07, 6.45) is 0.504. The Kier molecular flexibility index (Phi) is 12.4. The number of hydrogen-bond donors (Lipinski definition) is 2. The highest BCUT2D eigenvalue weighted by Gasteiger charge is 2.23. The first kappa shape index (κ1) is 32.3. The Morgan fingerprint density at radius 2 is 1.72 bits per heavy atom. The van der Waals surface area contributed by atoms with Gasteiger partial charge in [-0.05, 0) is 73.0 Å². The van der Waals surface area contributed by atoms with Gasteiger partial charge in [0.05, 0.1) is 22.4 Å². The zero-order valence-electron chi connectivity index (χ0n) is 21.7. The molecule has 210 valence electrons. The number of nitrogens with zero attached hydrogens (tertiary/aromatic N) is 1. The van der Waals surface area contributed by atoms with Crippen molar-refractivity contribution in [3.63, 3.8) is 0 Å². The molecule has 39 heavy (non-hydrogen) atoms. The number of halogens is 2. The highest BCUT2D eigenvalue weighted by molar-refractivity contribution is 7.91. The SMILES string of the molecule is CCCN(OC(C)=O)C(=O)c1cccc(S(=O)(=O)c2ccc(CCNC[C@H](O)c3cccc(Cl)c3)cc2)c1.Cl. The van der Waals surface area contributed by atoms with E-state index in [1.54, 1.807) is 30.3 Å². The highest BCUT2D eigenvalue weighted by atomic mass is 35.5. The van der Waals surface area contributed by atoms with Crippen LogP contribution in [-0.2, 0) is 25.9 Å². The molecule has 1 amide bonds. The number of sulfone groups is 1. The maximum absolute atomic E-state index is 13.2. The lowest BCUT2D eigenvalue weighted by Gasteiger charge is -2.20. The average molecular weight is 596 g/mol. The molecule has 2 N–H and O–H groups in total. The van der Waals surface area contributed by atoms with E-state index in [1.165, 1.54) is 43.3 Å². The number of amides is 1. The molecule has 0 aromatic heterocycles. The number of carbonyl (C=O) groups excluding carboxylic acids is 2. The molecule has 3 rings (SSSR count). The second kappa shape index (κ2) is 15.0. The summed E-state index contributed by atoms with van der Waals surface area (Å²) in [6.45, 7) is 4.15. The van der Waals surface area contributed by atoms with E-state index in [9.17, 15) is 23.1 Å². The molecular formula is C28H32Cl2N2O6S. The normalized spacial score (nSPS) is 11.8. The summed E-state index contributed by atoms with van der Waals surface area (Å²) < 4.78 is 26.5. The van der Waals surface area contributed by atoms with Crippen molar-refractivity contribution < 1.29 is 28.0 Å². The minimum atomic E-state index is -3.88. The highest BCUT2D eigenvalue weighted by Crippen LogP contribution is 2.23. The number of aliphatic hydroxyl groups excluding tert-OH is 1.